The molecule has 0 bridgehead atoms. The van der Waals surface area contributed by atoms with Gasteiger partial charge in [0.25, 0.3) is 0 Å². The van der Waals surface area contributed by atoms with E-state index in [2.05, 4.69) is 21.0 Å². The topological polar surface area (TPSA) is 57.0 Å². The van der Waals surface area contributed by atoms with Crippen LogP contribution in [0.1, 0.15) is 0 Å². The lowest BCUT2D eigenvalue weighted by atomic mass is 10.0. The van der Waals surface area contributed by atoms with E-state index in [1.165, 1.54) is 23.1 Å². The molecule has 4 nitrogen and oxygen atoms in total. The summed E-state index contributed by atoms with van der Waals surface area (Å²) in [7, 11) is 1.66. The van der Waals surface area contributed by atoms with Gasteiger partial charge in [-0.25, -0.2) is 8.78 Å². The molecule has 0 unspecified atom stereocenters. The largest absolute Gasteiger partial charge is 0.457 e. The molecule has 0 spiro atoms. The van der Waals surface area contributed by atoms with Crippen molar-refractivity contribution in [1.29, 1.82) is 0 Å². The van der Waals surface area contributed by atoms with Crippen molar-refractivity contribution in [2.75, 3.05) is 5.73 Å². The van der Waals surface area contributed by atoms with Gasteiger partial charge in [-0.2, -0.15) is 5.10 Å². The van der Waals surface area contributed by atoms with Gasteiger partial charge in [0.1, 0.15) is 23.1 Å². The van der Waals surface area contributed by atoms with Gasteiger partial charge in [0.2, 0.25) is 0 Å². The van der Waals surface area contributed by atoms with E-state index in [9.17, 15) is 8.78 Å². The van der Waals surface area contributed by atoms with E-state index in [1.54, 1.807) is 13.1 Å². The fourth-order valence-corrected chi connectivity index (χ4v) is 2.60. The summed E-state index contributed by atoms with van der Waals surface area (Å²) < 4.78 is 34.0. The molecule has 7 heteroatoms. The van der Waals surface area contributed by atoms with E-state index < -0.39 is 11.6 Å². The third-order valence-corrected chi connectivity index (χ3v) is 3.73. The van der Waals surface area contributed by atoms with Gasteiger partial charge in [0.05, 0.1) is 17.4 Å². The number of hydrogen-bond acceptors (Lipinski definition) is 3. The van der Waals surface area contributed by atoms with E-state index in [-0.39, 0.29) is 0 Å². The minimum absolute atomic E-state index is 0.308. The summed E-state index contributed by atoms with van der Waals surface area (Å²) in [4.78, 5) is 0. The van der Waals surface area contributed by atoms with Crippen molar-refractivity contribution in [1.82, 2.24) is 9.78 Å². The van der Waals surface area contributed by atoms with Crippen molar-refractivity contribution in [2.24, 2.45) is 7.05 Å². The number of hydrogen-bond donors (Lipinski definition) is 1. The molecule has 2 N–H and O–H groups in total. The zero-order chi connectivity index (χ0) is 15.1. The molecule has 0 aliphatic heterocycles. The Morgan fingerprint density at radius 1 is 1.24 bits per heavy atom. The van der Waals surface area contributed by atoms with Gasteiger partial charge < -0.3 is 10.2 Å². The average Bonchev–Trinajstić information content (AvgIpc) is 2.93. The number of anilines is 1. The number of benzene rings is 1. The predicted octanol–water partition coefficient (Wildman–Crippen LogP) is 3.97. The number of aryl methyl sites for hydroxylation is 1. The smallest absolute Gasteiger partial charge is 0.178 e. The summed E-state index contributed by atoms with van der Waals surface area (Å²) in [6.45, 7) is 0. The molecule has 0 saturated carbocycles. The van der Waals surface area contributed by atoms with Crippen LogP contribution in [-0.2, 0) is 7.05 Å². The summed E-state index contributed by atoms with van der Waals surface area (Å²) >= 11 is 3.27. The summed E-state index contributed by atoms with van der Waals surface area (Å²) in [6, 6.07) is 4.94. The second kappa shape index (κ2) is 5.00. The molecule has 0 amide bonds. The van der Waals surface area contributed by atoms with Crippen LogP contribution in [0, 0.1) is 11.6 Å². The van der Waals surface area contributed by atoms with E-state index in [0.717, 1.165) is 6.07 Å². The zero-order valence-corrected chi connectivity index (χ0v) is 12.5. The van der Waals surface area contributed by atoms with E-state index >= 15 is 0 Å². The Morgan fingerprint density at radius 2 is 1.90 bits per heavy atom. The van der Waals surface area contributed by atoms with Crippen LogP contribution in [0.25, 0.3) is 22.4 Å². The number of nitrogens with two attached hydrogens (primary N) is 1. The number of aromatic nitrogens is 2. The minimum Gasteiger partial charge on any atom is -0.457 e. The zero-order valence-electron chi connectivity index (χ0n) is 10.9. The number of nitrogen functional groups attached to an aromatic ring is 1. The van der Waals surface area contributed by atoms with Crippen LogP contribution in [-0.4, -0.2) is 9.78 Å². The Labute approximate surface area is 127 Å². The summed E-state index contributed by atoms with van der Waals surface area (Å²) in [6.07, 6.45) is 1.49. The minimum atomic E-state index is -0.675. The first-order valence-corrected chi connectivity index (χ1v) is 6.79. The highest BCUT2D eigenvalue weighted by molar-refractivity contribution is 9.10. The number of rotatable bonds is 2. The van der Waals surface area contributed by atoms with Crippen LogP contribution in [0.5, 0.6) is 0 Å². The van der Waals surface area contributed by atoms with Crippen LogP contribution < -0.4 is 5.73 Å². The summed E-state index contributed by atoms with van der Waals surface area (Å²) in [5.41, 5.74) is 7.92. The molecule has 0 fully saturated rings. The molecule has 0 saturated heterocycles. The molecule has 2 aromatic heterocycles. The van der Waals surface area contributed by atoms with Crippen molar-refractivity contribution in [3.8, 4) is 22.4 Å². The molecule has 2 heterocycles. The Hall–Kier alpha value is -2.15. The first kappa shape index (κ1) is 13.8. The van der Waals surface area contributed by atoms with E-state index in [0.29, 0.717) is 32.9 Å². The van der Waals surface area contributed by atoms with Crippen molar-refractivity contribution in [2.45, 2.75) is 0 Å². The first-order valence-electron chi connectivity index (χ1n) is 5.99. The summed E-state index contributed by atoms with van der Waals surface area (Å²) in [5.74, 6) is -1.04. The molecule has 3 aromatic rings. The van der Waals surface area contributed by atoms with Gasteiger partial charge in [-0.05, 0) is 39.7 Å². The Kier molecular flexibility index (Phi) is 3.29. The van der Waals surface area contributed by atoms with Gasteiger partial charge in [-0.15, -0.1) is 0 Å². The molecule has 21 heavy (non-hydrogen) atoms. The molecule has 1 aromatic carbocycles. The van der Waals surface area contributed by atoms with Crippen molar-refractivity contribution < 1.29 is 13.2 Å². The van der Waals surface area contributed by atoms with Crippen LogP contribution >= 0.6 is 15.9 Å². The molecule has 0 radical (unpaired) electrons. The molecule has 108 valence electrons. The normalized spacial score (nSPS) is 11.0. The molecule has 3 rings (SSSR count). The maximum absolute atomic E-state index is 13.5. The Bertz CT molecular complexity index is 805. The second-order valence-corrected chi connectivity index (χ2v) is 5.22. The van der Waals surface area contributed by atoms with Crippen molar-refractivity contribution in [3.63, 3.8) is 0 Å². The van der Waals surface area contributed by atoms with E-state index in [4.69, 9.17) is 10.2 Å². The van der Waals surface area contributed by atoms with Crippen LogP contribution in [0.15, 0.2) is 39.6 Å². The van der Waals surface area contributed by atoms with Gasteiger partial charge in [-0.3, -0.25) is 4.68 Å². The second-order valence-electron chi connectivity index (χ2n) is 4.50. The quantitative estimate of drug-likeness (QED) is 0.758. The van der Waals surface area contributed by atoms with Crippen LogP contribution in [0.3, 0.4) is 0 Å². The maximum Gasteiger partial charge on any atom is 0.178 e. The highest BCUT2D eigenvalue weighted by Gasteiger charge is 2.21. The number of furan rings is 1. The van der Waals surface area contributed by atoms with Gasteiger partial charge in [0, 0.05) is 13.1 Å². The molecular formula is C14H10BrF2N3O. The summed E-state index contributed by atoms with van der Waals surface area (Å²) in [5, 5.41) is 4.31. The molecule has 0 aliphatic rings. The SMILES string of the molecule is Cn1nc(-c2ccoc2Br)c(-c2cc(F)cc(F)c2)c1N. The predicted molar refractivity (Wildman–Crippen MR) is 78.4 cm³/mol. The standard InChI is InChI=1S/C14H10BrF2N3O/c1-20-14(18)11(7-4-8(16)6-9(17)5-7)12(19-20)10-2-3-21-13(10)15/h2-6H,18H2,1H3. The third-order valence-electron chi connectivity index (χ3n) is 3.12. The van der Waals surface area contributed by atoms with Crippen LogP contribution in [0.4, 0.5) is 14.6 Å². The number of halogens is 3. The van der Waals surface area contributed by atoms with Crippen molar-refractivity contribution in [3.05, 3.63) is 46.8 Å². The van der Waals surface area contributed by atoms with Gasteiger partial charge in [0.15, 0.2) is 4.67 Å². The fraction of sp³-hybridized carbons (Fsp3) is 0.0714. The first-order chi connectivity index (χ1) is 9.97. The fourth-order valence-electron chi connectivity index (χ4n) is 2.17. The lowest BCUT2D eigenvalue weighted by Crippen LogP contribution is -1.98. The Balaban J connectivity index is 2.29. The van der Waals surface area contributed by atoms with Gasteiger partial charge >= 0.3 is 0 Å². The van der Waals surface area contributed by atoms with Crippen molar-refractivity contribution >= 4 is 21.7 Å². The average molecular weight is 354 g/mol. The third kappa shape index (κ3) is 2.33. The lowest BCUT2D eigenvalue weighted by Gasteiger charge is -2.04. The molecule has 0 atom stereocenters. The maximum atomic E-state index is 13.5. The Morgan fingerprint density at radius 3 is 2.48 bits per heavy atom. The van der Waals surface area contributed by atoms with E-state index in [1.807, 2.05) is 0 Å². The highest BCUT2D eigenvalue weighted by Crippen LogP contribution is 2.39. The molecular weight excluding hydrogens is 344 g/mol. The number of nitrogens with zero attached hydrogens (tertiary/aromatic N) is 2. The lowest BCUT2D eigenvalue weighted by molar-refractivity contribution is 0.542. The van der Waals surface area contributed by atoms with Gasteiger partial charge in [-0.1, -0.05) is 0 Å². The monoisotopic (exact) mass is 353 g/mol. The highest BCUT2D eigenvalue weighted by atomic mass is 79.9. The molecule has 0 aliphatic carbocycles. The van der Waals surface area contributed by atoms with Crippen LogP contribution in [0.2, 0.25) is 0 Å².